The minimum Gasteiger partial charge on any atom is -0.359 e. The maximum atomic E-state index is 10.8. The highest BCUT2D eigenvalue weighted by Gasteiger charge is 2.09. The maximum absolute atomic E-state index is 10.8. The summed E-state index contributed by atoms with van der Waals surface area (Å²) in [5.74, 6) is 0.000787. The molecule has 0 saturated heterocycles. The first-order valence-electron chi connectivity index (χ1n) is 5.38. The van der Waals surface area contributed by atoms with Gasteiger partial charge in [0.05, 0.1) is 12.1 Å². The van der Waals surface area contributed by atoms with Crippen molar-refractivity contribution in [2.75, 3.05) is 14.1 Å². The summed E-state index contributed by atoms with van der Waals surface area (Å²) in [6, 6.07) is 0. The average Bonchev–Trinajstić information content (AvgIpc) is 2.69. The molecule has 3 N–H and O–H groups in total. The number of hydrazine groups is 2. The van der Waals surface area contributed by atoms with E-state index in [4.69, 9.17) is 0 Å². The number of carbonyl (C=O) groups excluding carboxylic acids is 1. The van der Waals surface area contributed by atoms with Crippen molar-refractivity contribution in [3.63, 3.8) is 0 Å². The molecular formula is C10H24N4O. The standard InChI is InChI=1S/C6H12N4O.2C2H6/c1-7-6(11)3-5-4-10(2)9-8-5;2*1-2/h4,8-9H,3H2,1-2H3,(H,7,11);2*1-2H3. The molecule has 1 rings (SSSR count). The lowest BCUT2D eigenvalue weighted by Gasteiger charge is -2.05. The second-order valence-corrected chi connectivity index (χ2v) is 2.35. The van der Waals surface area contributed by atoms with Gasteiger partial charge < -0.3 is 10.7 Å². The molecule has 15 heavy (non-hydrogen) atoms. The van der Waals surface area contributed by atoms with Crippen molar-refractivity contribution in [3.8, 4) is 0 Å². The fourth-order valence-electron chi connectivity index (χ4n) is 0.809. The largest absolute Gasteiger partial charge is 0.359 e. The summed E-state index contributed by atoms with van der Waals surface area (Å²) < 4.78 is 0. The second kappa shape index (κ2) is 10.8. The molecule has 0 aromatic carbocycles. The maximum Gasteiger partial charge on any atom is 0.225 e. The molecule has 0 radical (unpaired) electrons. The average molecular weight is 216 g/mol. The quantitative estimate of drug-likeness (QED) is 0.644. The van der Waals surface area contributed by atoms with Crippen molar-refractivity contribution < 1.29 is 4.79 Å². The van der Waals surface area contributed by atoms with Gasteiger partial charge in [0.15, 0.2) is 0 Å². The Balaban J connectivity index is 0. The van der Waals surface area contributed by atoms with E-state index >= 15 is 0 Å². The van der Waals surface area contributed by atoms with Gasteiger partial charge in [0, 0.05) is 20.3 Å². The van der Waals surface area contributed by atoms with Crippen LogP contribution in [0.1, 0.15) is 34.1 Å². The molecule has 1 aliphatic heterocycles. The monoisotopic (exact) mass is 216 g/mol. The molecular weight excluding hydrogens is 192 g/mol. The lowest BCUT2D eigenvalue weighted by molar-refractivity contribution is -0.120. The van der Waals surface area contributed by atoms with Crippen LogP contribution in [0.25, 0.3) is 0 Å². The van der Waals surface area contributed by atoms with Crippen LogP contribution in [0.15, 0.2) is 11.9 Å². The predicted molar refractivity (Wildman–Crippen MR) is 63.5 cm³/mol. The first-order chi connectivity index (χ1) is 7.22. The fraction of sp³-hybridized carbons (Fsp3) is 0.700. The third-order valence-corrected chi connectivity index (χ3v) is 1.37. The van der Waals surface area contributed by atoms with Crippen molar-refractivity contribution in [1.82, 2.24) is 21.3 Å². The van der Waals surface area contributed by atoms with Gasteiger partial charge in [0.2, 0.25) is 5.91 Å². The molecule has 90 valence electrons. The molecule has 0 saturated carbocycles. The summed E-state index contributed by atoms with van der Waals surface area (Å²) in [5.41, 5.74) is 6.52. The number of amides is 1. The van der Waals surface area contributed by atoms with Crippen molar-refractivity contribution in [3.05, 3.63) is 11.9 Å². The third kappa shape index (κ3) is 7.81. The summed E-state index contributed by atoms with van der Waals surface area (Å²) in [6.07, 6.45) is 2.21. The Morgan fingerprint density at radius 2 is 1.93 bits per heavy atom. The summed E-state index contributed by atoms with van der Waals surface area (Å²) >= 11 is 0. The van der Waals surface area contributed by atoms with Gasteiger partial charge in [0.1, 0.15) is 0 Å². The van der Waals surface area contributed by atoms with E-state index in [2.05, 4.69) is 16.3 Å². The minimum atomic E-state index is 0.000787. The van der Waals surface area contributed by atoms with Crippen molar-refractivity contribution in [2.24, 2.45) is 0 Å². The molecule has 1 aliphatic rings. The Hall–Kier alpha value is -1.23. The highest BCUT2D eigenvalue weighted by molar-refractivity contribution is 5.77. The smallest absolute Gasteiger partial charge is 0.225 e. The summed E-state index contributed by atoms with van der Waals surface area (Å²) in [5, 5.41) is 4.29. The Morgan fingerprint density at radius 1 is 1.40 bits per heavy atom. The summed E-state index contributed by atoms with van der Waals surface area (Å²) in [7, 11) is 3.47. The van der Waals surface area contributed by atoms with Gasteiger partial charge >= 0.3 is 0 Å². The Kier molecular flexibility index (Phi) is 11.7. The number of nitrogens with zero attached hydrogens (tertiary/aromatic N) is 1. The van der Waals surface area contributed by atoms with Crippen LogP contribution in [0.5, 0.6) is 0 Å². The van der Waals surface area contributed by atoms with Gasteiger partial charge in [-0.15, -0.1) is 5.53 Å². The molecule has 0 spiro atoms. The van der Waals surface area contributed by atoms with E-state index in [0.29, 0.717) is 6.42 Å². The summed E-state index contributed by atoms with van der Waals surface area (Å²) in [6.45, 7) is 8.00. The van der Waals surface area contributed by atoms with Crippen LogP contribution in [-0.4, -0.2) is 25.0 Å². The molecule has 5 heteroatoms. The molecule has 0 aliphatic carbocycles. The van der Waals surface area contributed by atoms with Crippen molar-refractivity contribution in [1.29, 1.82) is 0 Å². The number of hydrogen-bond donors (Lipinski definition) is 3. The van der Waals surface area contributed by atoms with Crippen molar-refractivity contribution in [2.45, 2.75) is 34.1 Å². The zero-order valence-corrected chi connectivity index (χ0v) is 10.6. The molecule has 0 aromatic heterocycles. The highest BCUT2D eigenvalue weighted by atomic mass is 16.1. The first-order valence-corrected chi connectivity index (χ1v) is 5.38. The van der Waals surface area contributed by atoms with Crippen LogP contribution < -0.4 is 16.3 Å². The molecule has 0 fully saturated rings. The van der Waals surface area contributed by atoms with Gasteiger partial charge in [-0.2, -0.15) is 0 Å². The zero-order chi connectivity index (χ0) is 12.3. The molecule has 0 atom stereocenters. The Morgan fingerprint density at radius 3 is 2.27 bits per heavy atom. The summed E-state index contributed by atoms with van der Waals surface area (Å²) in [4.78, 5) is 10.8. The van der Waals surface area contributed by atoms with E-state index in [1.807, 2.05) is 40.9 Å². The molecule has 1 heterocycles. The third-order valence-electron chi connectivity index (χ3n) is 1.37. The molecule has 5 nitrogen and oxygen atoms in total. The topological polar surface area (TPSA) is 56.4 Å². The molecule has 0 unspecified atom stereocenters. The SMILES string of the molecule is CC.CC.CNC(=O)CC1=CN(C)NN1. The van der Waals surface area contributed by atoms with Crippen LogP contribution in [0, 0.1) is 0 Å². The predicted octanol–water partition coefficient (Wildman–Crippen LogP) is 0.971. The Labute approximate surface area is 92.9 Å². The van der Waals surface area contributed by atoms with E-state index in [1.54, 1.807) is 12.1 Å². The van der Waals surface area contributed by atoms with Crippen molar-refractivity contribution >= 4 is 5.91 Å². The van der Waals surface area contributed by atoms with Crippen LogP contribution in [0.4, 0.5) is 0 Å². The van der Waals surface area contributed by atoms with Crippen LogP contribution >= 0.6 is 0 Å². The van der Waals surface area contributed by atoms with E-state index in [-0.39, 0.29) is 5.91 Å². The van der Waals surface area contributed by atoms with E-state index in [9.17, 15) is 4.79 Å². The van der Waals surface area contributed by atoms with E-state index < -0.39 is 0 Å². The number of hydrogen-bond acceptors (Lipinski definition) is 4. The molecule has 0 aromatic rings. The van der Waals surface area contributed by atoms with Gasteiger partial charge in [-0.3, -0.25) is 9.80 Å². The highest BCUT2D eigenvalue weighted by Crippen LogP contribution is 2.00. The second-order valence-electron chi connectivity index (χ2n) is 2.35. The van der Waals surface area contributed by atoms with Gasteiger partial charge in [0.25, 0.3) is 0 Å². The van der Waals surface area contributed by atoms with Gasteiger partial charge in [-0.05, 0) is 0 Å². The van der Waals surface area contributed by atoms with E-state index in [0.717, 1.165) is 5.70 Å². The molecule has 0 bridgehead atoms. The lowest BCUT2D eigenvalue weighted by Crippen LogP contribution is -2.34. The fourth-order valence-corrected chi connectivity index (χ4v) is 0.809. The van der Waals surface area contributed by atoms with Gasteiger partial charge in [-0.1, -0.05) is 27.7 Å². The van der Waals surface area contributed by atoms with Crippen LogP contribution in [0.2, 0.25) is 0 Å². The number of rotatable bonds is 2. The first kappa shape index (κ1) is 16.2. The van der Waals surface area contributed by atoms with E-state index in [1.165, 1.54) is 0 Å². The number of nitrogens with one attached hydrogen (secondary N) is 3. The number of carbonyl (C=O) groups is 1. The lowest BCUT2D eigenvalue weighted by atomic mass is 10.3. The normalized spacial score (nSPS) is 12.4. The van der Waals surface area contributed by atoms with Crippen LogP contribution in [0.3, 0.4) is 0 Å². The Bertz CT molecular complexity index is 192. The van der Waals surface area contributed by atoms with Crippen LogP contribution in [-0.2, 0) is 4.79 Å². The minimum absolute atomic E-state index is 0.000787. The zero-order valence-electron chi connectivity index (χ0n) is 10.6. The van der Waals surface area contributed by atoms with Gasteiger partial charge in [-0.25, -0.2) is 0 Å². The molecule has 1 amide bonds.